The Hall–Kier alpha value is -1.52. The Morgan fingerprint density at radius 1 is 1.16 bits per heavy atom. The lowest BCUT2D eigenvalue weighted by Crippen LogP contribution is -2.58. The van der Waals surface area contributed by atoms with Gasteiger partial charge in [0.2, 0.25) is 0 Å². The molecule has 0 amide bonds. The van der Waals surface area contributed by atoms with Gasteiger partial charge < -0.3 is 4.74 Å². The van der Waals surface area contributed by atoms with Gasteiger partial charge in [-0.3, -0.25) is 0 Å². The lowest BCUT2D eigenvalue weighted by Gasteiger charge is -2.27. The molecule has 3 nitrogen and oxygen atoms in total. The van der Waals surface area contributed by atoms with E-state index in [4.69, 9.17) is 4.74 Å². The Balaban J connectivity index is 2.97. The van der Waals surface area contributed by atoms with Gasteiger partial charge in [0, 0.05) is 10.0 Å². The number of hydrogen-bond acceptors (Lipinski definition) is 3. The van der Waals surface area contributed by atoms with Crippen LogP contribution in [0.3, 0.4) is 0 Å². The molecule has 0 atom stereocenters. The minimum Gasteiger partial charge on any atom is -0.493 e. The number of hydrazone groups is 1. The van der Waals surface area contributed by atoms with Crippen LogP contribution >= 0.6 is 15.9 Å². The van der Waals surface area contributed by atoms with Crippen LogP contribution in [-0.2, 0) is 0 Å². The molecule has 1 N–H and O–H groups in total. The van der Waals surface area contributed by atoms with E-state index in [2.05, 4.69) is 21.0 Å². The van der Waals surface area contributed by atoms with Gasteiger partial charge in [0.25, 0.3) is 0 Å². The van der Waals surface area contributed by atoms with Gasteiger partial charge in [-0.05, 0) is 24.1 Å². The lowest BCUT2D eigenvalue weighted by atomic mass is 10.2. The maximum Gasteiger partial charge on any atom is 0.462 e. The zero-order valence-electron chi connectivity index (χ0n) is 13.0. The molecule has 0 aliphatic rings. The second-order valence-corrected chi connectivity index (χ2v) is 6.32. The van der Waals surface area contributed by atoms with Gasteiger partial charge in [-0.1, -0.05) is 29.8 Å². The quantitative estimate of drug-likeness (QED) is 0.275. The number of benzene rings is 1. The molecule has 1 rings (SSSR count). The van der Waals surface area contributed by atoms with Gasteiger partial charge in [-0.15, -0.1) is 0 Å². The van der Waals surface area contributed by atoms with Crippen molar-refractivity contribution in [1.29, 1.82) is 0 Å². The van der Waals surface area contributed by atoms with Crippen LogP contribution in [-0.4, -0.2) is 31.0 Å². The highest BCUT2D eigenvalue weighted by Gasteiger charge is 2.73. The van der Waals surface area contributed by atoms with Gasteiger partial charge in [0.05, 0.1) is 12.8 Å². The summed E-state index contributed by atoms with van der Waals surface area (Å²) in [5, 5.41) is 2.82. The Bertz CT molecular complexity index is 618. The molecule has 1 aromatic carbocycles. The van der Waals surface area contributed by atoms with Crippen molar-refractivity contribution in [2.75, 3.05) is 6.61 Å². The van der Waals surface area contributed by atoms with E-state index >= 15 is 0 Å². The fraction of sp³-hybridized carbons (Fsp3) is 0.500. The average Bonchev–Trinajstić information content (AvgIpc) is 2.44. The van der Waals surface area contributed by atoms with E-state index < -0.39 is 18.1 Å². The first-order chi connectivity index (χ1) is 11.3. The van der Waals surface area contributed by atoms with E-state index in [0.717, 1.165) is 0 Å². The van der Waals surface area contributed by atoms with Crippen LogP contribution in [0, 0.1) is 5.92 Å². The lowest BCUT2D eigenvalue weighted by molar-refractivity contribution is -0.361. The second-order valence-electron chi connectivity index (χ2n) is 5.40. The number of halogens is 8. The molecular weight excluding hydrogens is 425 g/mol. The number of nitrogens with zero attached hydrogens (tertiary/aromatic N) is 1. The van der Waals surface area contributed by atoms with Crippen LogP contribution in [0.5, 0.6) is 5.75 Å². The number of hydrogen-bond donors (Lipinski definition) is 1. The molecule has 0 heterocycles. The van der Waals surface area contributed by atoms with Crippen molar-refractivity contribution in [2.24, 2.45) is 11.0 Å². The highest BCUT2D eigenvalue weighted by molar-refractivity contribution is 9.10. The molecule has 0 aliphatic heterocycles. The molecule has 0 unspecified atom stereocenters. The molecular formula is C14H14BrF7N2O. The smallest absolute Gasteiger partial charge is 0.462 e. The van der Waals surface area contributed by atoms with Gasteiger partial charge in [-0.25, -0.2) is 5.43 Å². The van der Waals surface area contributed by atoms with Crippen LogP contribution in [0.4, 0.5) is 30.7 Å². The van der Waals surface area contributed by atoms with Crippen molar-refractivity contribution in [3.8, 4) is 5.75 Å². The average molecular weight is 439 g/mol. The van der Waals surface area contributed by atoms with Gasteiger partial charge in [0.15, 0.2) is 0 Å². The summed E-state index contributed by atoms with van der Waals surface area (Å²) in [6.45, 7) is 3.99. The zero-order chi connectivity index (χ0) is 19.5. The summed E-state index contributed by atoms with van der Waals surface area (Å²) < 4.78 is 93.7. The highest BCUT2D eigenvalue weighted by Crippen LogP contribution is 2.45. The van der Waals surface area contributed by atoms with Crippen LogP contribution in [0.25, 0.3) is 0 Å². The van der Waals surface area contributed by atoms with Crippen molar-refractivity contribution in [3.05, 3.63) is 28.2 Å². The number of alkyl halides is 7. The van der Waals surface area contributed by atoms with Crippen molar-refractivity contribution < 1.29 is 35.5 Å². The van der Waals surface area contributed by atoms with Crippen LogP contribution < -0.4 is 10.2 Å². The molecule has 0 saturated heterocycles. The third kappa shape index (κ3) is 5.48. The first-order valence-electron chi connectivity index (χ1n) is 6.83. The van der Waals surface area contributed by atoms with Crippen molar-refractivity contribution in [2.45, 2.75) is 32.0 Å². The molecule has 0 aromatic heterocycles. The summed E-state index contributed by atoms with van der Waals surface area (Å²) >= 11 is 3.11. The van der Waals surface area contributed by atoms with E-state index in [-0.39, 0.29) is 23.8 Å². The third-order valence-electron chi connectivity index (χ3n) is 2.70. The predicted octanol–water partition coefficient (Wildman–Crippen LogP) is 5.20. The van der Waals surface area contributed by atoms with E-state index in [1.54, 1.807) is 6.07 Å². The van der Waals surface area contributed by atoms with Crippen molar-refractivity contribution in [1.82, 2.24) is 5.43 Å². The van der Waals surface area contributed by atoms with Gasteiger partial charge >= 0.3 is 18.1 Å². The maximum atomic E-state index is 13.1. The summed E-state index contributed by atoms with van der Waals surface area (Å²) in [6, 6.07) is -1.20. The molecule has 25 heavy (non-hydrogen) atoms. The molecule has 0 spiro atoms. The zero-order valence-corrected chi connectivity index (χ0v) is 14.6. The molecule has 0 bridgehead atoms. The molecule has 0 fully saturated rings. The van der Waals surface area contributed by atoms with Crippen molar-refractivity contribution >= 4 is 22.1 Å². The SMILES string of the molecule is CC(C)COc1ccc(Br)cc1/C=N\NC(F)(F)C(F)(F)C(F)(F)F. The van der Waals surface area contributed by atoms with Crippen molar-refractivity contribution in [3.63, 3.8) is 0 Å². The largest absolute Gasteiger partial charge is 0.493 e. The number of rotatable bonds is 7. The minimum atomic E-state index is -6.43. The van der Waals surface area contributed by atoms with E-state index in [1.807, 2.05) is 13.8 Å². The van der Waals surface area contributed by atoms with Crippen LogP contribution in [0.1, 0.15) is 19.4 Å². The Kier molecular flexibility index (Phi) is 6.71. The summed E-state index contributed by atoms with van der Waals surface area (Å²) in [5.74, 6) is -5.94. The summed E-state index contributed by atoms with van der Waals surface area (Å²) in [5.41, 5.74) is 0.666. The standard InChI is InChI=1S/C14H14BrF7N2O/c1-8(2)7-25-11-4-3-10(15)5-9(11)6-23-24-14(21,22)12(16,17)13(18,19)20/h3-6,8,24H,7H2,1-2H3/b23-6-. The van der Waals surface area contributed by atoms with E-state index in [9.17, 15) is 30.7 Å². The van der Waals surface area contributed by atoms with E-state index in [1.165, 1.54) is 12.1 Å². The maximum absolute atomic E-state index is 13.1. The van der Waals surface area contributed by atoms with E-state index in [0.29, 0.717) is 16.1 Å². The monoisotopic (exact) mass is 438 g/mol. The molecule has 0 aliphatic carbocycles. The second kappa shape index (κ2) is 7.79. The first-order valence-corrected chi connectivity index (χ1v) is 7.62. The fourth-order valence-electron chi connectivity index (χ4n) is 1.44. The van der Waals surface area contributed by atoms with Gasteiger partial charge in [0.1, 0.15) is 5.75 Å². The summed E-state index contributed by atoms with van der Waals surface area (Å²) in [4.78, 5) is 0. The Morgan fingerprint density at radius 3 is 2.28 bits per heavy atom. The van der Waals surface area contributed by atoms with Crippen LogP contribution in [0.2, 0.25) is 0 Å². The normalized spacial score (nSPS) is 13.6. The molecule has 142 valence electrons. The third-order valence-corrected chi connectivity index (χ3v) is 3.20. The first kappa shape index (κ1) is 21.5. The molecule has 0 radical (unpaired) electrons. The molecule has 1 aromatic rings. The predicted molar refractivity (Wildman–Crippen MR) is 81.2 cm³/mol. The summed E-state index contributed by atoms with van der Waals surface area (Å²) in [6.07, 6.45) is -5.76. The highest BCUT2D eigenvalue weighted by atomic mass is 79.9. The van der Waals surface area contributed by atoms with Gasteiger partial charge in [-0.2, -0.15) is 35.8 Å². The molecule has 0 saturated carbocycles. The Morgan fingerprint density at radius 2 is 1.76 bits per heavy atom. The molecule has 11 heteroatoms. The topological polar surface area (TPSA) is 33.6 Å². The Labute approximate surface area is 147 Å². The van der Waals surface area contributed by atoms with Crippen LogP contribution in [0.15, 0.2) is 27.8 Å². The summed E-state index contributed by atoms with van der Waals surface area (Å²) in [7, 11) is 0. The number of nitrogens with one attached hydrogen (secondary N) is 1. The number of ether oxygens (including phenoxy) is 1. The fourth-order valence-corrected chi connectivity index (χ4v) is 1.82. The minimum absolute atomic E-state index is 0.105.